The number of hydrogen-bond acceptors (Lipinski definition) is 4. The van der Waals surface area contributed by atoms with Gasteiger partial charge in [0.15, 0.2) is 0 Å². The zero-order valence-electron chi connectivity index (χ0n) is 10.6. The number of aliphatic hydroxyl groups excluding tert-OH is 1. The second-order valence-corrected chi connectivity index (χ2v) is 6.70. The van der Waals surface area contributed by atoms with Crippen molar-refractivity contribution in [2.24, 2.45) is 5.73 Å². The van der Waals surface area contributed by atoms with Crippen LogP contribution in [0.25, 0.3) is 9.40 Å². The second kappa shape index (κ2) is 5.61. The maximum absolute atomic E-state index is 13.3. The Morgan fingerprint density at radius 1 is 1.20 bits per heavy atom. The fraction of sp³-hybridized carbons (Fsp3) is 0.200. The van der Waals surface area contributed by atoms with Crippen LogP contribution >= 0.6 is 22.7 Å². The van der Waals surface area contributed by atoms with Gasteiger partial charge in [-0.05, 0) is 35.2 Å². The van der Waals surface area contributed by atoms with E-state index in [-0.39, 0.29) is 18.3 Å². The van der Waals surface area contributed by atoms with E-state index >= 15 is 0 Å². The molecular formula is C15H14FNOS2. The number of nitrogens with two attached hydrogens (primary N) is 1. The number of fused-ring (bicyclic) bond motifs is 1. The normalized spacial score (nSPS) is 14.6. The molecule has 2 nitrogen and oxygen atoms in total. The second-order valence-electron chi connectivity index (χ2n) is 4.64. The van der Waals surface area contributed by atoms with E-state index in [1.807, 2.05) is 17.5 Å². The SMILES string of the molecule is NCC(c1cccc(F)c1)C(O)c1cc2sccc2s1. The Kier molecular flexibility index (Phi) is 3.85. The Hall–Kier alpha value is -1.27. The van der Waals surface area contributed by atoms with Gasteiger partial charge in [0, 0.05) is 26.7 Å². The van der Waals surface area contributed by atoms with Gasteiger partial charge in [-0.25, -0.2) is 4.39 Å². The van der Waals surface area contributed by atoms with Crippen LogP contribution < -0.4 is 5.73 Å². The van der Waals surface area contributed by atoms with Crippen molar-refractivity contribution < 1.29 is 9.50 Å². The van der Waals surface area contributed by atoms with Gasteiger partial charge in [-0.3, -0.25) is 0 Å². The third kappa shape index (κ3) is 2.50. The van der Waals surface area contributed by atoms with Gasteiger partial charge >= 0.3 is 0 Å². The van der Waals surface area contributed by atoms with Crippen molar-refractivity contribution in [3.8, 4) is 0 Å². The molecule has 3 N–H and O–H groups in total. The molecule has 0 amide bonds. The Bertz CT molecular complexity index is 693. The van der Waals surface area contributed by atoms with Crippen molar-refractivity contribution >= 4 is 32.1 Å². The van der Waals surface area contributed by atoms with Crippen molar-refractivity contribution in [1.29, 1.82) is 0 Å². The molecular weight excluding hydrogens is 293 g/mol. The molecule has 3 rings (SSSR count). The van der Waals surface area contributed by atoms with Crippen molar-refractivity contribution in [3.05, 3.63) is 58.0 Å². The molecule has 20 heavy (non-hydrogen) atoms. The van der Waals surface area contributed by atoms with Crippen LogP contribution in [0.1, 0.15) is 22.5 Å². The lowest BCUT2D eigenvalue weighted by atomic mass is 9.92. The summed E-state index contributed by atoms with van der Waals surface area (Å²) in [5.41, 5.74) is 6.52. The molecule has 2 heterocycles. The van der Waals surface area contributed by atoms with Crippen molar-refractivity contribution in [3.63, 3.8) is 0 Å². The fourth-order valence-corrected chi connectivity index (χ4v) is 4.48. The maximum Gasteiger partial charge on any atom is 0.123 e. The Labute approximate surface area is 124 Å². The molecule has 2 atom stereocenters. The van der Waals surface area contributed by atoms with Crippen molar-refractivity contribution in [2.45, 2.75) is 12.0 Å². The van der Waals surface area contributed by atoms with Gasteiger partial charge in [-0.1, -0.05) is 12.1 Å². The van der Waals surface area contributed by atoms with Crippen molar-refractivity contribution in [2.75, 3.05) is 6.54 Å². The van der Waals surface area contributed by atoms with Gasteiger partial charge in [-0.2, -0.15) is 0 Å². The summed E-state index contributed by atoms with van der Waals surface area (Å²) in [6, 6.07) is 10.3. The third-order valence-electron chi connectivity index (χ3n) is 3.36. The van der Waals surface area contributed by atoms with Crippen LogP contribution in [0.4, 0.5) is 4.39 Å². The van der Waals surface area contributed by atoms with E-state index in [0.29, 0.717) is 0 Å². The molecule has 0 aliphatic rings. The molecule has 1 aromatic carbocycles. The predicted octanol–water partition coefficient (Wildman–Crippen LogP) is 3.88. The number of thiophene rings is 2. The Morgan fingerprint density at radius 3 is 2.75 bits per heavy atom. The van der Waals surface area contributed by atoms with E-state index in [0.717, 1.165) is 10.4 Å². The zero-order valence-corrected chi connectivity index (χ0v) is 12.3. The molecule has 0 saturated carbocycles. The molecule has 2 aromatic heterocycles. The van der Waals surface area contributed by atoms with Gasteiger partial charge in [0.25, 0.3) is 0 Å². The molecule has 0 bridgehead atoms. The predicted molar refractivity (Wildman–Crippen MR) is 82.9 cm³/mol. The Balaban J connectivity index is 1.94. The van der Waals surface area contributed by atoms with E-state index in [9.17, 15) is 9.50 Å². The lowest BCUT2D eigenvalue weighted by Gasteiger charge is -2.21. The third-order valence-corrected chi connectivity index (χ3v) is 5.53. The average Bonchev–Trinajstić information content (AvgIpc) is 3.00. The van der Waals surface area contributed by atoms with Crippen molar-refractivity contribution in [1.82, 2.24) is 0 Å². The number of rotatable bonds is 4. The molecule has 0 aliphatic heterocycles. The lowest BCUT2D eigenvalue weighted by molar-refractivity contribution is 0.151. The largest absolute Gasteiger partial charge is 0.387 e. The van der Waals surface area contributed by atoms with Gasteiger partial charge in [0.2, 0.25) is 0 Å². The van der Waals surface area contributed by atoms with Crippen LogP contribution in [0, 0.1) is 5.82 Å². The standard InChI is InChI=1S/C15H14FNOS2/c16-10-3-1-2-9(6-10)11(8-17)15(18)14-7-13-12(20-14)4-5-19-13/h1-7,11,15,18H,8,17H2. The monoisotopic (exact) mass is 307 g/mol. The molecule has 0 saturated heterocycles. The summed E-state index contributed by atoms with van der Waals surface area (Å²) in [5, 5.41) is 12.6. The summed E-state index contributed by atoms with van der Waals surface area (Å²) < 4.78 is 15.7. The van der Waals surface area contributed by atoms with Gasteiger partial charge in [0.05, 0.1) is 6.10 Å². The van der Waals surface area contributed by atoms with Crippen LogP contribution in [0.2, 0.25) is 0 Å². The summed E-state index contributed by atoms with van der Waals surface area (Å²) in [7, 11) is 0. The molecule has 5 heteroatoms. The zero-order chi connectivity index (χ0) is 14.1. The van der Waals surface area contributed by atoms with Gasteiger partial charge < -0.3 is 10.8 Å². The van der Waals surface area contributed by atoms with Crippen LogP contribution in [0.5, 0.6) is 0 Å². The summed E-state index contributed by atoms with van der Waals surface area (Å²) in [5.74, 6) is -0.598. The van der Waals surface area contributed by atoms with Crippen LogP contribution in [0.15, 0.2) is 41.8 Å². The Morgan fingerprint density at radius 2 is 2.05 bits per heavy atom. The first-order valence-corrected chi connectivity index (χ1v) is 7.99. The average molecular weight is 307 g/mol. The molecule has 2 unspecified atom stereocenters. The number of aliphatic hydroxyl groups is 1. The van der Waals surface area contributed by atoms with Gasteiger partial charge in [-0.15, -0.1) is 22.7 Å². The van der Waals surface area contributed by atoms with Gasteiger partial charge in [0.1, 0.15) is 5.82 Å². The van der Waals surface area contributed by atoms with Crippen LogP contribution in [0.3, 0.4) is 0 Å². The van der Waals surface area contributed by atoms with E-state index in [1.165, 1.54) is 21.5 Å². The highest BCUT2D eigenvalue weighted by Crippen LogP contribution is 2.38. The lowest BCUT2D eigenvalue weighted by Crippen LogP contribution is -2.19. The topological polar surface area (TPSA) is 46.2 Å². The van der Waals surface area contributed by atoms with E-state index in [1.54, 1.807) is 34.8 Å². The fourth-order valence-electron chi connectivity index (χ4n) is 2.31. The minimum atomic E-state index is -0.702. The molecule has 0 fully saturated rings. The first kappa shape index (κ1) is 13.7. The summed E-state index contributed by atoms with van der Waals surface area (Å²) >= 11 is 3.22. The van der Waals surface area contributed by atoms with E-state index < -0.39 is 6.10 Å². The first-order valence-electron chi connectivity index (χ1n) is 6.29. The molecule has 104 valence electrons. The smallest absolute Gasteiger partial charge is 0.123 e. The molecule has 3 aromatic rings. The summed E-state index contributed by atoms with van der Waals surface area (Å²) in [4.78, 5) is 0.881. The summed E-state index contributed by atoms with van der Waals surface area (Å²) in [6.07, 6.45) is -0.702. The highest BCUT2D eigenvalue weighted by Gasteiger charge is 2.23. The molecule has 0 aliphatic carbocycles. The highest BCUT2D eigenvalue weighted by molar-refractivity contribution is 7.26. The maximum atomic E-state index is 13.3. The molecule has 0 spiro atoms. The molecule has 0 radical (unpaired) electrons. The minimum Gasteiger partial charge on any atom is -0.387 e. The quantitative estimate of drug-likeness (QED) is 0.768. The van der Waals surface area contributed by atoms with E-state index in [4.69, 9.17) is 5.73 Å². The minimum absolute atomic E-state index is 0.274. The number of halogens is 1. The highest BCUT2D eigenvalue weighted by atomic mass is 32.1. The summed E-state index contributed by atoms with van der Waals surface area (Å²) in [6.45, 7) is 0.274. The van der Waals surface area contributed by atoms with Crippen LogP contribution in [-0.4, -0.2) is 11.7 Å². The van der Waals surface area contributed by atoms with E-state index in [2.05, 4.69) is 0 Å². The number of hydrogen-bond donors (Lipinski definition) is 2. The first-order chi connectivity index (χ1) is 9.69. The number of benzene rings is 1. The van der Waals surface area contributed by atoms with Crippen LogP contribution in [-0.2, 0) is 0 Å².